The maximum absolute atomic E-state index is 9.88. The van der Waals surface area contributed by atoms with Crippen LogP contribution >= 0.6 is 23.3 Å². The van der Waals surface area contributed by atoms with E-state index in [1.54, 1.807) is 0 Å². The first-order valence-electron chi connectivity index (χ1n) is 8.05. The molecule has 4 nitrogen and oxygen atoms in total. The van der Waals surface area contributed by atoms with Gasteiger partial charge in [-0.3, -0.25) is 0 Å². The monoisotopic (exact) mass is 329 g/mol. The van der Waals surface area contributed by atoms with Gasteiger partial charge < -0.3 is 10.4 Å². The van der Waals surface area contributed by atoms with Crippen molar-refractivity contribution < 1.29 is 5.11 Å². The molecule has 1 aliphatic rings. The zero-order chi connectivity index (χ0) is 15.1. The van der Waals surface area contributed by atoms with Crippen molar-refractivity contribution in [2.75, 3.05) is 18.9 Å². The maximum Gasteiger partial charge on any atom is 0.170 e. The van der Waals surface area contributed by atoms with Crippen molar-refractivity contribution in [2.24, 2.45) is 5.92 Å². The highest BCUT2D eigenvalue weighted by atomic mass is 32.2. The van der Waals surface area contributed by atoms with Crippen molar-refractivity contribution in [3.05, 3.63) is 5.82 Å². The lowest BCUT2D eigenvalue weighted by Gasteiger charge is -2.35. The second kappa shape index (κ2) is 8.46. The van der Waals surface area contributed by atoms with Crippen molar-refractivity contribution in [3.63, 3.8) is 0 Å². The number of rotatable bonds is 9. The minimum Gasteiger partial charge on any atom is -0.394 e. The van der Waals surface area contributed by atoms with Gasteiger partial charge >= 0.3 is 0 Å². The molecule has 0 radical (unpaired) electrons. The highest BCUT2D eigenvalue weighted by Crippen LogP contribution is 2.39. The molecule has 0 aromatic carbocycles. The molecule has 2 unspecified atom stereocenters. The molecule has 2 N–H and O–H groups in total. The van der Waals surface area contributed by atoms with Crippen molar-refractivity contribution in [3.8, 4) is 0 Å². The Bertz CT molecular complexity index is 427. The van der Waals surface area contributed by atoms with E-state index >= 15 is 0 Å². The summed E-state index contributed by atoms with van der Waals surface area (Å²) in [5, 5.41) is 13.5. The smallest absolute Gasteiger partial charge is 0.170 e. The number of aliphatic hydroxyl groups is 1. The molecule has 1 fully saturated rings. The highest BCUT2D eigenvalue weighted by molar-refractivity contribution is 8.00. The van der Waals surface area contributed by atoms with E-state index < -0.39 is 0 Å². The van der Waals surface area contributed by atoms with Crippen LogP contribution < -0.4 is 5.32 Å². The highest BCUT2D eigenvalue weighted by Gasteiger charge is 2.41. The lowest BCUT2D eigenvalue weighted by molar-refractivity contribution is 0.122. The molecular weight excluding hydrogens is 302 g/mol. The van der Waals surface area contributed by atoms with E-state index in [0.717, 1.165) is 48.1 Å². The molecule has 0 spiro atoms. The Kier molecular flexibility index (Phi) is 6.92. The summed E-state index contributed by atoms with van der Waals surface area (Å²) in [7, 11) is 0. The van der Waals surface area contributed by atoms with Gasteiger partial charge in [0.15, 0.2) is 4.34 Å². The average molecular weight is 330 g/mol. The molecule has 0 bridgehead atoms. The fraction of sp³-hybridized carbons (Fsp3) is 0.867. The summed E-state index contributed by atoms with van der Waals surface area (Å²) in [5.41, 5.74) is -0.0354. The molecule has 1 heterocycles. The van der Waals surface area contributed by atoms with Crippen LogP contribution in [0.3, 0.4) is 0 Å². The summed E-state index contributed by atoms with van der Waals surface area (Å²) < 4.78 is 5.41. The van der Waals surface area contributed by atoms with E-state index in [4.69, 9.17) is 0 Å². The number of hydrogen-bond acceptors (Lipinski definition) is 6. The molecule has 1 aromatic rings. The Balaban J connectivity index is 1.83. The van der Waals surface area contributed by atoms with E-state index in [1.165, 1.54) is 24.4 Å². The number of aromatic nitrogens is 2. The fourth-order valence-electron chi connectivity index (χ4n) is 3.16. The van der Waals surface area contributed by atoms with E-state index in [2.05, 4.69) is 28.5 Å². The van der Waals surface area contributed by atoms with Crippen LogP contribution in [0, 0.1) is 5.92 Å². The number of aliphatic hydroxyl groups excluding tert-OH is 1. The summed E-state index contributed by atoms with van der Waals surface area (Å²) in [5.74, 6) is 2.61. The van der Waals surface area contributed by atoms with Crippen LogP contribution in [0.25, 0.3) is 0 Å². The van der Waals surface area contributed by atoms with Gasteiger partial charge in [0.25, 0.3) is 0 Å². The molecule has 1 aromatic heterocycles. The van der Waals surface area contributed by atoms with Gasteiger partial charge in [0.1, 0.15) is 5.82 Å². The predicted molar refractivity (Wildman–Crippen MR) is 90.1 cm³/mol. The molecule has 2 atom stereocenters. The minimum atomic E-state index is -0.0354. The van der Waals surface area contributed by atoms with Gasteiger partial charge in [-0.2, -0.15) is 4.37 Å². The van der Waals surface area contributed by atoms with Crippen LogP contribution in [0.15, 0.2) is 4.34 Å². The Hall–Kier alpha value is -0.170. The third-order valence-electron chi connectivity index (χ3n) is 4.42. The average Bonchev–Trinajstić information content (AvgIpc) is 3.12. The van der Waals surface area contributed by atoms with Crippen LogP contribution in [0.2, 0.25) is 0 Å². The third kappa shape index (κ3) is 4.41. The van der Waals surface area contributed by atoms with E-state index in [9.17, 15) is 5.11 Å². The van der Waals surface area contributed by atoms with Gasteiger partial charge in [-0.1, -0.05) is 32.0 Å². The topological polar surface area (TPSA) is 58.0 Å². The lowest BCUT2D eigenvalue weighted by Crippen LogP contribution is -2.51. The maximum atomic E-state index is 9.88. The van der Waals surface area contributed by atoms with E-state index in [-0.39, 0.29) is 12.1 Å². The van der Waals surface area contributed by atoms with Crippen LogP contribution in [-0.2, 0) is 6.42 Å². The summed E-state index contributed by atoms with van der Waals surface area (Å²) in [6.45, 7) is 5.53. The Labute approximate surface area is 136 Å². The van der Waals surface area contributed by atoms with Crippen molar-refractivity contribution in [2.45, 2.75) is 62.3 Å². The molecular formula is C15H27N3OS2. The largest absolute Gasteiger partial charge is 0.394 e. The molecule has 0 saturated heterocycles. The zero-order valence-electron chi connectivity index (χ0n) is 13.1. The zero-order valence-corrected chi connectivity index (χ0v) is 14.7. The lowest BCUT2D eigenvalue weighted by atomic mass is 9.85. The summed E-state index contributed by atoms with van der Waals surface area (Å²) in [4.78, 5) is 4.50. The standard InChI is InChI=1S/C15H27N3OS2/c1-3-9-16-15(11-19)8-5-6-12(15)7-10-20-14-17-13(4-2)18-21-14/h12,16,19H,3-11H2,1-2H3. The molecule has 1 aliphatic carbocycles. The number of aryl methyl sites for hydroxylation is 1. The summed E-state index contributed by atoms with van der Waals surface area (Å²) in [6.07, 6.45) is 6.74. The van der Waals surface area contributed by atoms with Crippen molar-refractivity contribution >= 4 is 23.3 Å². The second-order valence-corrected chi connectivity index (χ2v) is 7.89. The number of hydrogen-bond donors (Lipinski definition) is 2. The molecule has 6 heteroatoms. The fourth-order valence-corrected chi connectivity index (χ4v) is 4.98. The van der Waals surface area contributed by atoms with Gasteiger partial charge in [0.05, 0.1) is 6.61 Å². The predicted octanol–water partition coefficient (Wildman–Crippen LogP) is 3.11. The molecule has 2 rings (SSSR count). The van der Waals surface area contributed by atoms with Crippen LogP contribution in [0.5, 0.6) is 0 Å². The number of nitrogens with one attached hydrogen (secondary N) is 1. The van der Waals surface area contributed by atoms with Crippen LogP contribution in [-0.4, -0.2) is 38.9 Å². The Morgan fingerprint density at radius 3 is 3.00 bits per heavy atom. The van der Waals surface area contributed by atoms with Gasteiger partial charge in [-0.15, -0.1) is 0 Å². The quantitative estimate of drug-likeness (QED) is 0.682. The number of thioether (sulfide) groups is 1. The molecule has 21 heavy (non-hydrogen) atoms. The normalized spacial score (nSPS) is 25.6. The van der Waals surface area contributed by atoms with E-state index in [1.807, 2.05) is 11.8 Å². The first-order valence-corrected chi connectivity index (χ1v) is 9.81. The van der Waals surface area contributed by atoms with Gasteiger partial charge in [0.2, 0.25) is 0 Å². The Morgan fingerprint density at radius 2 is 2.33 bits per heavy atom. The van der Waals surface area contributed by atoms with Gasteiger partial charge in [0, 0.05) is 17.7 Å². The Morgan fingerprint density at radius 1 is 1.48 bits per heavy atom. The summed E-state index contributed by atoms with van der Waals surface area (Å²) >= 11 is 3.33. The SMILES string of the molecule is CCCNC1(CO)CCCC1CCSc1nc(CC)ns1. The number of nitrogens with zero attached hydrogens (tertiary/aromatic N) is 2. The first-order chi connectivity index (χ1) is 10.2. The molecule has 120 valence electrons. The first kappa shape index (κ1) is 17.2. The van der Waals surface area contributed by atoms with Crippen LogP contribution in [0.1, 0.15) is 51.8 Å². The van der Waals surface area contributed by atoms with Crippen LogP contribution in [0.4, 0.5) is 0 Å². The second-order valence-electron chi connectivity index (χ2n) is 5.80. The van der Waals surface area contributed by atoms with Crippen molar-refractivity contribution in [1.82, 2.24) is 14.7 Å². The van der Waals surface area contributed by atoms with Crippen molar-refractivity contribution in [1.29, 1.82) is 0 Å². The van der Waals surface area contributed by atoms with E-state index in [0.29, 0.717) is 5.92 Å². The third-order valence-corrected chi connectivity index (χ3v) is 6.33. The molecule has 0 amide bonds. The summed E-state index contributed by atoms with van der Waals surface area (Å²) in [6, 6.07) is 0. The minimum absolute atomic E-state index is 0.0354. The molecule has 0 aliphatic heterocycles. The van der Waals surface area contributed by atoms with Gasteiger partial charge in [-0.25, -0.2) is 4.98 Å². The van der Waals surface area contributed by atoms with Gasteiger partial charge in [-0.05, 0) is 49.7 Å². The molecule has 1 saturated carbocycles.